The van der Waals surface area contributed by atoms with Crippen LogP contribution in [0.25, 0.3) is 0 Å². The van der Waals surface area contributed by atoms with Gasteiger partial charge in [0, 0.05) is 32.0 Å². The highest BCUT2D eigenvalue weighted by Crippen LogP contribution is 2.23. The lowest BCUT2D eigenvalue weighted by Crippen LogP contribution is -2.29. The van der Waals surface area contributed by atoms with Gasteiger partial charge in [-0.2, -0.15) is 0 Å². The Morgan fingerprint density at radius 2 is 1.78 bits per heavy atom. The van der Waals surface area contributed by atoms with Gasteiger partial charge in [-0.25, -0.2) is 0 Å². The fourth-order valence-electron chi connectivity index (χ4n) is 2.93. The largest absolute Gasteiger partial charge is 0.387 e. The molecule has 0 aromatic heterocycles. The van der Waals surface area contributed by atoms with Crippen LogP contribution in [0.5, 0.6) is 0 Å². The number of amides is 1. The number of hydrogen-bond acceptors (Lipinski definition) is 2. The van der Waals surface area contributed by atoms with Gasteiger partial charge in [-0.15, -0.1) is 0 Å². The van der Waals surface area contributed by atoms with Gasteiger partial charge in [-0.05, 0) is 25.7 Å². The Bertz CT molecular complexity index is 302. The molecule has 18 heavy (non-hydrogen) atoms. The second-order valence-electron chi connectivity index (χ2n) is 5.48. The summed E-state index contributed by atoms with van der Waals surface area (Å²) in [5, 5.41) is 0. The number of likely N-dealkylation sites (tertiary alicyclic amines) is 1. The van der Waals surface area contributed by atoms with Crippen LogP contribution in [0, 0.1) is 5.92 Å². The molecule has 0 spiro atoms. The van der Waals surface area contributed by atoms with Crippen molar-refractivity contribution in [3.63, 3.8) is 0 Å². The van der Waals surface area contributed by atoms with Crippen LogP contribution in [0.2, 0.25) is 0 Å². The molecule has 0 aromatic rings. The Labute approximate surface area is 110 Å². The van der Waals surface area contributed by atoms with Crippen LogP contribution in [0.15, 0.2) is 4.99 Å². The van der Waals surface area contributed by atoms with Crippen LogP contribution in [-0.2, 0) is 4.79 Å². The Balaban J connectivity index is 1.70. The lowest BCUT2D eigenvalue weighted by Gasteiger charge is -2.21. The monoisotopic (exact) mass is 251 g/mol. The molecule has 1 saturated carbocycles. The third kappa shape index (κ3) is 3.72. The summed E-state index contributed by atoms with van der Waals surface area (Å²) in [6.07, 6.45) is 9.05. The molecular formula is C14H25N3O. The Hall–Kier alpha value is -1.06. The lowest BCUT2D eigenvalue weighted by atomic mass is 9.88. The van der Waals surface area contributed by atoms with Gasteiger partial charge in [-0.1, -0.05) is 19.3 Å². The van der Waals surface area contributed by atoms with Gasteiger partial charge in [0.05, 0.1) is 5.84 Å². The van der Waals surface area contributed by atoms with E-state index in [2.05, 4.69) is 4.99 Å². The summed E-state index contributed by atoms with van der Waals surface area (Å²) in [4.78, 5) is 18.2. The van der Waals surface area contributed by atoms with Crippen molar-refractivity contribution in [2.24, 2.45) is 16.6 Å². The van der Waals surface area contributed by atoms with E-state index in [1.54, 1.807) is 0 Å². The molecule has 2 N–H and O–H groups in total. The van der Waals surface area contributed by atoms with Crippen LogP contribution < -0.4 is 5.73 Å². The molecule has 0 bridgehead atoms. The van der Waals surface area contributed by atoms with E-state index in [4.69, 9.17) is 5.73 Å². The highest BCUT2D eigenvalue weighted by atomic mass is 16.2. The number of rotatable bonds is 4. The molecule has 4 nitrogen and oxygen atoms in total. The molecule has 0 radical (unpaired) electrons. The van der Waals surface area contributed by atoms with Crippen molar-refractivity contribution in [1.82, 2.24) is 4.90 Å². The maximum atomic E-state index is 11.8. The summed E-state index contributed by atoms with van der Waals surface area (Å²) >= 11 is 0. The normalized spacial score (nSPS) is 22.4. The highest BCUT2D eigenvalue weighted by molar-refractivity contribution is 5.83. The number of nitrogens with two attached hydrogens (primary N) is 1. The number of nitrogens with zero attached hydrogens (tertiary/aromatic N) is 2. The van der Waals surface area contributed by atoms with Crippen molar-refractivity contribution in [2.75, 3.05) is 19.6 Å². The molecule has 1 amide bonds. The molecule has 2 rings (SSSR count). The molecule has 102 valence electrons. The van der Waals surface area contributed by atoms with E-state index in [0.717, 1.165) is 31.8 Å². The van der Waals surface area contributed by atoms with Crippen molar-refractivity contribution in [1.29, 1.82) is 0 Å². The van der Waals surface area contributed by atoms with Gasteiger partial charge in [0.2, 0.25) is 5.91 Å². The number of aliphatic imine (C=N–C) groups is 1. The number of hydrogen-bond donors (Lipinski definition) is 1. The molecule has 1 heterocycles. The standard InChI is InChI=1S/C14H25N3O/c15-14(12-6-2-1-3-7-12)16-9-8-13(18)17-10-4-5-11-17/h12H,1-11H2,(H2,15,16). The quantitative estimate of drug-likeness (QED) is 0.613. The zero-order chi connectivity index (χ0) is 12.8. The predicted molar refractivity (Wildman–Crippen MR) is 73.5 cm³/mol. The summed E-state index contributed by atoms with van der Waals surface area (Å²) in [6, 6.07) is 0. The first kappa shape index (κ1) is 13.4. The van der Waals surface area contributed by atoms with E-state index in [-0.39, 0.29) is 5.91 Å². The molecule has 1 aliphatic carbocycles. The average molecular weight is 251 g/mol. The van der Waals surface area contributed by atoms with Crippen molar-refractivity contribution in [3.8, 4) is 0 Å². The summed E-state index contributed by atoms with van der Waals surface area (Å²) in [5.74, 6) is 1.50. The highest BCUT2D eigenvalue weighted by Gasteiger charge is 2.18. The fourth-order valence-corrected chi connectivity index (χ4v) is 2.93. The lowest BCUT2D eigenvalue weighted by molar-refractivity contribution is -0.129. The molecule has 0 aromatic carbocycles. The van der Waals surface area contributed by atoms with E-state index in [1.165, 1.54) is 32.1 Å². The number of carbonyl (C=O) groups excluding carboxylic acids is 1. The minimum absolute atomic E-state index is 0.243. The van der Waals surface area contributed by atoms with Gasteiger partial charge in [-0.3, -0.25) is 9.79 Å². The maximum Gasteiger partial charge on any atom is 0.224 e. The van der Waals surface area contributed by atoms with Gasteiger partial charge in [0.25, 0.3) is 0 Å². The minimum atomic E-state index is 0.243. The third-order valence-corrected chi connectivity index (χ3v) is 4.10. The van der Waals surface area contributed by atoms with E-state index in [1.807, 2.05) is 4.90 Å². The van der Waals surface area contributed by atoms with Crippen LogP contribution in [0.3, 0.4) is 0 Å². The Kier molecular flexibility index (Phi) is 5.02. The van der Waals surface area contributed by atoms with Gasteiger partial charge >= 0.3 is 0 Å². The average Bonchev–Trinajstić information content (AvgIpc) is 2.93. The SMILES string of the molecule is NC(=NCCC(=O)N1CCCC1)C1CCCCC1. The molecular weight excluding hydrogens is 226 g/mol. The Morgan fingerprint density at radius 3 is 2.44 bits per heavy atom. The zero-order valence-corrected chi connectivity index (χ0v) is 11.2. The summed E-state index contributed by atoms with van der Waals surface area (Å²) in [5.41, 5.74) is 6.01. The maximum absolute atomic E-state index is 11.8. The molecule has 2 fully saturated rings. The smallest absolute Gasteiger partial charge is 0.224 e. The van der Waals surface area contributed by atoms with Crippen LogP contribution in [0.4, 0.5) is 0 Å². The number of carbonyl (C=O) groups is 1. The van der Waals surface area contributed by atoms with Crippen LogP contribution in [-0.4, -0.2) is 36.3 Å². The fraction of sp³-hybridized carbons (Fsp3) is 0.857. The van der Waals surface area contributed by atoms with E-state index >= 15 is 0 Å². The van der Waals surface area contributed by atoms with Crippen molar-refractivity contribution >= 4 is 11.7 Å². The van der Waals surface area contributed by atoms with Crippen molar-refractivity contribution < 1.29 is 4.79 Å². The molecule has 4 heteroatoms. The Morgan fingerprint density at radius 1 is 1.11 bits per heavy atom. The van der Waals surface area contributed by atoms with Crippen LogP contribution in [0.1, 0.15) is 51.4 Å². The van der Waals surface area contributed by atoms with Gasteiger partial charge in [0.15, 0.2) is 0 Å². The van der Waals surface area contributed by atoms with Crippen molar-refractivity contribution in [2.45, 2.75) is 51.4 Å². The summed E-state index contributed by atoms with van der Waals surface area (Å²) < 4.78 is 0. The van der Waals surface area contributed by atoms with E-state index in [9.17, 15) is 4.79 Å². The second-order valence-corrected chi connectivity index (χ2v) is 5.48. The second kappa shape index (κ2) is 6.76. The predicted octanol–water partition coefficient (Wildman–Crippen LogP) is 1.94. The van der Waals surface area contributed by atoms with Crippen LogP contribution >= 0.6 is 0 Å². The summed E-state index contributed by atoms with van der Waals surface area (Å²) in [6.45, 7) is 2.43. The van der Waals surface area contributed by atoms with Gasteiger partial charge in [0.1, 0.15) is 0 Å². The molecule has 2 aliphatic rings. The molecule has 0 atom stereocenters. The zero-order valence-electron chi connectivity index (χ0n) is 11.2. The first-order valence-electron chi connectivity index (χ1n) is 7.35. The molecule has 0 unspecified atom stereocenters. The summed E-state index contributed by atoms with van der Waals surface area (Å²) in [7, 11) is 0. The first-order chi connectivity index (χ1) is 8.77. The van der Waals surface area contributed by atoms with Crippen molar-refractivity contribution in [3.05, 3.63) is 0 Å². The van der Waals surface area contributed by atoms with E-state index < -0.39 is 0 Å². The third-order valence-electron chi connectivity index (χ3n) is 4.10. The molecule has 1 aliphatic heterocycles. The van der Waals surface area contributed by atoms with E-state index in [0.29, 0.717) is 18.9 Å². The minimum Gasteiger partial charge on any atom is -0.387 e. The molecule has 1 saturated heterocycles. The topological polar surface area (TPSA) is 58.7 Å². The van der Waals surface area contributed by atoms with Gasteiger partial charge < -0.3 is 10.6 Å². The first-order valence-corrected chi connectivity index (χ1v) is 7.35. The number of amidine groups is 1.